The zero-order valence-electron chi connectivity index (χ0n) is 16.6. The van der Waals surface area contributed by atoms with Gasteiger partial charge in [-0.1, -0.05) is 12.1 Å². The second kappa shape index (κ2) is 7.88. The number of nitrogens with two attached hydrogens (primary N) is 1. The van der Waals surface area contributed by atoms with E-state index in [2.05, 4.69) is 52.7 Å². The second-order valence-electron chi connectivity index (χ2n) is 7.97. The normalized spacial score (nSPS) is 15.2. The van der Waals surface area contributed by atoms with Crippen LogP contribution in [0.4, 0.5) is 0 Å². The second-order valence-corrected chi connectivity index (χ2v) is 8.95. The Kier molecular flexibility index (Phi) is 5.29. The van der Waals surface area contributed by atoms with Gasteiger partial charge in [-0.15, -0.1) is 16.4 Å². The molecule has 0 saturated carbocycles. The van der Waals surface area contributed by atoms with E-state index in [0.717, 1.165) is 22.0 Å². The monoisotopic (exact) mass is 408 g/mol. The molecule has 0 amide bonds. The highest BCUT2D eigenvalue weighted by molar-refractivity contribution is 7.10. The van der Waals surface area contributed by atoms with E-state index in [9.17, 15) is 0 Å². The number of thiophene rings is 1. The molecule has 0 aliphatic rings. The summed E-state index contributed by atoms with van der Waals surface area (Å²) in [5, 5.41) is 14.8. The molecule has 150 valence electrons. The Labute approximate surface area is 173 Å². The first-order chi connectivity index (χ1) is 14.0. The molecule has 0 aliphatic carbocycles. The van der Waals surface area contributed by atoms with Crippen molar-refractivity contribution in [1.82, 2.24) is 25.2 Å². The van der Waals surface area contributed by atoms with Gasteiger partial charge in [0.25, 0.3) is 0 Å². The lowest BCUT2D eigenvalue weighted by molar-refractivity contribution is 0.314. The third-order valence-corrected chi connectivity index (χ3v) is 5.90. The van der Waals surface area contributed by atoms with Crippen molar-refractivity contribution in [3.63, 3.8) is 0 Å². The first-order valence-corrected chi connectivity index (χ1v) is 10.4. The Hall–Kier alpha value is -2.84. The van der Waals surface area contributed by atoms with Crippen LogP contribution in [0.15, 0.2) is 64.9 Å². The minimum absolute atomic E-state index is 0.175. The molecule has 0 radical (unpaired) electrons. The van der Waals surface area contributed by atoms with E-state index in [0.29, 0.717) is 0 Å². The molecule has 0 fully saturated rings. The van der Waals surface area contributed by atoms with Crippen molar-refractivity contribution in [2.45, 2.75) is 44.2 Å². The van der Waals surface area contributed by atoms with Crippen LogP contribution >= 0.6 is 11.3 Å². The molecule has 0 spiro atoms. The Morgan fingerprint density at radius 3 is 2.62 bits per heavy atom. The molecule has 3 unspecified atom stereocenters. The van der Waals surface area contributed by atoms with Gasteiger partial charge in [-0.2, -0.15) is 0 Å². The molecule has 0 aliphatic heterocycles. The predicted octanol–water partition coefficient (Wildman–Crippen LogP) is 4.09. The smallest absolute Gasteiger partial charge is 0.160 e. The summed E-state index contributed by atoms with van der Waals surface area (Å²) in [6.45, 7) is 6.25. The minimum atomic E-state index is -0.355. The molecule has 29 heavy (non-hydrogen) atoms. The first kappa shape index (κ1) is 19.5. The SMILES string of the molecule is CC(C)(C)n1nnnc1C(c1cccs1)C(c1ccco1)C(N)c1cccnc1. The highest BCUT2D eigenvalue weighted by Gasteiger charge is 2.39. The fourth-order valence-electron chi connectivity index (χ4n) is 3.61. The maximum atomic E-state index is 6.83. The van der Waals surface area contributed by atoms with Gasteiger partial charge in [0, 0.05) is 23.3 Å². The average molecular weight is 409 g/mol. The summed E-state index contributed by atoms with van der Waals surface area (Å²) in [5.74, 6) is 1.18. The number of pyridine rings is 1. The van der Waals surface area contributed by atoms with Crippen molar-refractivity contribution in [2.75, 3.05) is 0 Å². The van der Waals surface area contributed by atoms with Crippen LogP contribution in [0.3, 0.4) is 0 Å². The van der Waals surface area contributed by atoms with Crippen LogP contribution in [-0.4, -0.2) is 25.2 Å². The maximum Gasteiger partial charge on any atom is 0.160 e. The molecule has 3 atom stereocenters. The molecule has 4 aromatic rings. The van der Waals surface area contributed by atoms with Crippen LogP contribution in [-0.2, 0) is 5.54 Å². The van der Waals surface area contributed by atoms with E-state index >= 15 is 0 Å². The van der Waals surface area contributed by atoms with Crippen molar-refractivity contribution >= 4 is 11.3 Å². The van der Waals surface area contributed by atoms with Crippen molar-refractivity contribution in [1.29, 1.82) is 0 Å². The molecule has 2 N–H and O–H groups in total. The molecule has 4 aromatic heterocycles. The Morgan fingerprint density at radius 1 is 1.14 bits per heavy atom. The maximum absolute atomic E-state index is 6.83. The quantitative estimate of drug-likeness (QED) is 0.516. The van der Waals surface area contributed by atoms with Crippen molar-refractivity contribution in [3.8, 4) is 0 Å². The van der Waals surface area contributed by atoms with Crippen LogP contribution in [0.2, 0.25) is 0 Å². The topological polar surface area (TPSA) is 95.7 Å². The van der Waals surface area contributed by atoms with Gasteiger partial charge in [0.2, 0.25) is 0 Å². The molecule has 8 heteroatoms. The lowest BCUT2D eigenvalue weighted by atomic mass is 9.80. The third-order valence-electron chi connectivity index (χ3n) is 4.94. The van der Waals surface area contributed by atoms with Gasteiger partial charge in [0.15, 0.2) is 5.82 Å². The fraction of sp³-hybridized carbons (Fsp3) is 0.333. The highest BCUT2D eigenvalue weighted by atomic mass is 32.1. The van der Waals surface area contributed by atoms with E-state index in [-0.39, 0.29) is 23.4 Å². The molecule has 0 aromatic carbocycles. The molecule has 4 rings (SSSR count). The fourth-order valence-corrected chi connectivity index (χ4v) is 4.48. The number of rotatable bonds is 6. The summed E-state index contributed by atoms with van der Waals surface area (Å²) >= 11 is 1.67. The van der Waals surface area contributed by atoms with Crippen molar-refractivity contribution in [2.24, 2.45) is 5.73 Å². The molecule has 4 heterocycles. The average Bonchev–Trinajstić information content (AvgIpc) is 3.48. The lowest BCUT2D eigenvalue weighted by Gasteiger charge is -2.31. The summed E-state index contributed by atoms with van der Waals surface area (Å²) in [5.41, 5.74) is 7.49. The van der Waals surface area contributed by atoms with E-state index in [4.69, 9.17) is 10.2 Å². The van der Waals surface area contributed by atoms with Crippen LogP contribution in [0, 0.1) is 0 Å². The number of aromatic nitrogens is 5. The Balaban J connectivity index is 1.90. The number of hydrogen-bond acceptors (Lipinski definition) is 7. The number of tetrazole rings is 1. The summed E-state index contributed by atoms with van der Waals surface area (Å²) in [6.07, 6.45) is 5.23. The zero-order chi connectivity index (χ0) is 20.4. The molecular weight excluding hydrogens is 384 g/mol. The van der Waals surface area contributed by atoms with Gasteiger partial charge in [-0.25, -0.2) is 4.68 Å². The minimum Gasteiger partial charge on any atom is -0.469 e. The van der Waals surface area contributed by atoms with Gasteiger partial charge < -0.3 is 10.2 Å². The van der Waals surface area contributed by atoms with E-state index in [1.165, 1.54) is 0 Å². The molecule has 0 bridgehead atoms. The van der Waals surface area contributed by atoms with Gasteiger partial charge in [-0.05, 0) is 66.4 Å². The van der Waals surface area contributed by atoms with Crippen molar-refractivity contribution in [3.05, 3.63) is 82.5 Å². The van der Waals surface area contributed by atoms with Crippen LogP contribution in [0.5, 0.6) is 0 Å². The van der Waals surface area contributed by atoms with Gasteiger partial charge in [-0.3, -0.25) is 4.98 Å². The Morgan fingerprint density at radius 2 is 2.00 bits per heavy atom. The molecular formula is C21H24N6OS. The van der Waals surface area contributed by atoms with Crippen LogP contribution in [0.25, 0.3) is 0 Å². The van der Waals surface area contributed by atoms with Gasteiger partial charge >= 0.3 is 0 Å². The summed E-state index contributed by atoms with van der Waals surface area (Å²) in [6, 6.07) is 11.5. The van der Waals surface area contributed by atoms with Crippen LogP contribution < -0.4 is 5.73 Å². The molecule has 0 saturated heterocycles. The largest absolute Gasteiger partial charge is 0.469 e. The van der Waals surface area contributed by atoms with E-state index in [1.54, 1.807) is 30.0 Å². The zero-order valence-corrected chi connectivity index (χ0v) is 17.5. The molecule has 7 nitrogen and oxygen atoms in total. The number of furan rings is 1. The predicted molar refractivity (Wildman–Crippen MR) is 112 cm³/mol. The highest BCUT2D eigenvalue weighted by Crippen LogP contribution is 2.46. The van der Waals surface area contributed by atoms with Crippen LogP contribution in [0.1, 0.15) is 60.7 Å². The van der Waals surface area contributed by atoms with Gasteiger partial charge in [0.1, 0.15) is 5.76 Å². The summed E-state index contributed by atoms with van der Waals surface area (Å²) < 4.78 is 7.75. The standard InChI is InChI=1S/C21H24N6OS/c1-21(2,3)27-20(24-25-26-27)18(16-9-6-12-29-16)17(15-8-5-11-28-15)19(22)14-7-4-10-23-13-14/h4-13,17-19H,22H2,1-3H3. The lowest BCUT2D eigenvalue weighted by Crippen LogP contribution is -2.31. The van der Waals surface area contributed by atoms with E-state index in [1.807, 2.05) is 35.0 Å². The summed E-state index contributed by atoms with van der Waals surface area (Å²) in [4.78, 5) is 5.39. The van der Waals surface area contributed by atoms with Gasteiger partial charge in [0.05, 0.1) is 23.6 Å². The Bertz CT molecular complexity index is 1020. The third kappa shape index (κ3) is 3.86. The summed E-state index contributed by atoms with van der Waals surface area (Å²) in [7, 11) is 0. The van der Waals surface area contributed by atoms with Crippen molar-refractivity contribution < 1.29 is 4.42 Å². The first-order valence-electron chi connectivity index (χ1n) is 9.48. The van der Waals surface area contributed by atoms with E-state index < -0.39 is 0 Å². The number of nitrogens with zero attached hydrogens (tertiary/aromatic N) is 5. The number of hydrogen-bond donors (Lipinski definition) is 1.